The standard InChI is InChI=1S/C15H17Cl2N3O2/c1-2-3-12-7-21-15(22-12,8-20-10-18-9-19-20)13-5-4-11(16)6-14(13)17/h4-6,9-10,12H,2-3,7-8H2,1H3/i7D2,12D. The normalized spacial score (nSPS) is 32.4. The second kappa shape index (κ2) is 6.54. The molecule has 2 aromatic rings. The fourth-order valence-electron chi connectivity index (χ4n) is 2.29. The molecule has 1 aliphatic heterocycles. The molecule has 1 aromatic heterocycles. The van der Waals surface area contributed by atoms with Gasteiger partial charge in [-0.15, -0.1) is 0 Å². The lowest BCUT2D eigenvalue weighted by Gasteiger charge is -2.29. The lowest BCUT2D eigenvalue weighted by molar-refractivity contribution is -0.189. The van der Waals surface area contributed by atoms with Crippen molar-refractivity contribution in [3.05, 3.63) is 46.5 Å². The molecule has 2 heterocycles. The van der Waals surface area contributed by atoms with Crippen LogP contribution in [-0.4, -0.2) is 27.4 Å². The zero-order valence-electron chi connectivity index (χ0n) is 14.9. The van der Waals surface area contributed by atoms with Crippen molar-refractivity contribution in [3.8, 4) is 0 Å². The Balaban J connectivity index is 2.11. The quantitative estimate of drug-likeness (QED) is 0.830. The van der Waals surface area contributed by atoms with Crippen molar-refractivity contribution in [2.75, 3.05) is 6.56 Å². The van der Waals surface area contributed by atoms with Gasteiger partial charge in [-0.05, 0) is 18.6 Å². The highest BCUT2D eigenvalue weighted by atomic mass is 35.5. The van der Waals surface area contributed by atoms with Crippen molar-refractivity contribution in [2.24, 2.45) is 0 Å². The first-order valence-electron chi connectivity index (χ1n) is 8.40. The molecule has 5 nitrogen and oxygen atoms in total. The number of ether oxygens (including phenoxy) is 2. The molecular formula is C15H17Cl2N3O2. The van der Waals surface area contributed by atoms with Crippen molar-refractivity contribution in [1.82, 2.24) is 14.8 Å². The molecule has 0 N–H and O–H groups in total. The second-order valence-corrected chi connectivity index (χ2v) is 5.79. The van der Waals surface area contributed by atoms with E-state index in [-0.39, 0.29) is 18.0 Å². The maximum atomic E-state index is 8.49. The van der Waals surface area contributed by atoms with Crippen molar-refractivity contribution >= 4 is 23.2 Å². The van der Waals surface area contributed by atoms with Gasteiger partial charge in [0.25, 0.3) is 0 Å². The molecule has 3 rings (SSSR count). The van der Waals surface area contributed by atoms with Gasteiger partial charge in [-0.25, -0.2) is 9.67 Å². The maximum Gasteiger partial charge on any atom is 0.217 e. The summed E-state index contributed by atoms with van der Waals surface area (Å²) in [4.78, 5) is 3.88. The van der Waals surface area contributed by atoms with Crippen LogP contribution >= 0.6 is 23.2 Å². The van der Waals surface area contributed by atoms with Gasteiger partial charge in [0.15, 0.2) is 0 Å². The van der Waals surface area contributed by atoms with Crippen molar-refractivity contribution in [1.29, 1.82) is 0 Å². The van der Waals surface area contributed by atoms with Gasteiger partial charge in [0.2, 0.25) is 5.79 Å². The number of halogens is 2. The largest absolute Gasteiger partial charge is 0.342 e. The molecule has 0 saturated carbocycles. The van der Waals surface area contributed by atoms with Crippen LogP contribution in [0.15, 0.2) is 30.9 Å². The Morgan fingerprint density at radius 2 is 2.41 bits per heavy atom. The van der Waals surface area contributed by atoms with E-state index in [1.54, 1.807) is 12.1 Å². The van der Waals surface area contributed by atoms with Gasteiger partial charge in [0.1, 0.15) is 19.2 Å². The van der Waals surface area contributed by atoms with Gasteiger partial charge in [-0.3, -0.25) is 0 Å². The maximum absolute atomic E-state index is 8.49. The number of nitrogens with zero attached hydrogens (tertiary/aromatic N) is 3. The third-order valence-electron chi connectivity index (χ3n) is 3.27. The summed E-state index contributed by atoms with van der Waals surface area (Å²) in [6.45, 7) is -0.507. The molecule has 0 radical (unpaired) electrons. The first-order chi connectivity index (χ1) is 11.7. The third kappa shape index (κ3) is 3.13. The molecule has 1 aromatic carbocycles. The van der Waals surface area contributed by atoms with E-state index in [0.29, 0.717) is 17.0 Å². The van der Waals surface area contributed by atoms with Crippen LogP contribution in [0.5, 0.6) is 0 Å². The Morgan fingerprint density at radius 1 is 1.55 bits per heavy atom. The lowest BCUT2D eigenvalue weighted by Crippen LogP contribution is -2.34. The molecule has 0 amide bonds. The Labute approximate surface area is 143 Å². The molecule has 0 bridgehead atoms. The van der Waals surface area contributed by atoms with Crippen LogP contribution in [0.25, 0.3) is 0 Å². The van der Waals surface area contributed by atoms with E-state index in [1.807, 2.05) is 6.92 Å². The Morgan fingerprint density at radius 3 is 3.09 bits per heavy atom. The van der Waals surface area contributed by atoms with E-state index >= 15 is 0 Å². The van der Waals surface area contributed by atoms with Crippen molar-refractivity contribution in [3.63, 3.8) is 0 Å². The fourth-order valence-corrected chi connectivity index (χ4v) is 2.85. The lowest BCUT2D eigenvalue weighted by atomic mass is 10.1. The molecule has 1 saturated heterocycles. The number of hydrogen-bond donors (Lipinski definition) is 0. The van der Waals surface area contributed by atoms with Crippen LogP contribution in [0.4, 0.5) is 0 Å². The molecule has 0 aliphatic carbocycles. The molecule has 1 aliphatic rings. The number of benzene rings is 1. The fraction of sp³-hybridized carbons (Fsp3) is 0.467. The SMILES string of the molecule is [2H]C1([2H])OC(Cn2cncn2)(c2ccc(Cl)cc2Cl)OC1([2H])CCC. The second-order valence-electron chi connectivity index (χ2n) is 4.95. The van der Waals surface area contributed by atoms with Crippen LogP contribution < -0.4 is 0 Å². The van der Waals surface area contributed by atoms with Crippen LogP contribution in [0.1, 0.15) is 29.4 Å². The summed E-state index contributed by atoms with van der Waals surface area (Å²) in [5.41, 5.74) is 0.378. The highest BCUT2D eigenvalue weighted by Crippen LogP contribution is 2.41. The van der Waals surface area contributed by atoms with Crippen molar-refractivity contribution in [2.45, 2.75) is 38.2 Å². The minimum Gasteiger partial charge on any atom is -0.342 e. The van der Waals surface area contributed by atoms with Crippen LogP contribution in [0.2, 0.25) is 10.0 Å². The molecular weight excluding hydrogens is 325 g/mol. The molecule has 22 heavy (non-hydrogen) atoms. The minimum absolute atomic E-state index is 0.0157. The summed E-state index contributed by atoms with van der Waals surface area (Å²) in [6.07, 6.45) is 1.63. The van der Waals surface area contributed by atoms with Gasteiger partial charge in [-0.2, -0.15) is 5.10 Å². The Kier molecular flexibility index (Phi) is 3.66. The summed E-state index contributed by atoms with van der Waals surface area (Å²) >= 11 is 12.3. The van der Waals surface area contributed by atoms with Crippen LogP contribution in [0.3, 0.4) is 0 Å². The van der Waals surface area contributed by atoms with Gasteiger partial charge in [-0.1, -0.05) is 42.6 Å². The smallest absolute Gasteiger partial charge is 0.217 e. The summed E-state index contributed by atoms with van der Waals surface area (Å²) in [6, 6.07) is 4.74. The highest BCUT2D eigenvalue weighted by Gasteiger charge is 2.45. The first kappa shape index (κ1) is 12.3. The predicted molar refractivity (Wildman–Crippen MR) is 83.9 cm³/mol. The molecule has 2 atom stereocenters. The van der Waals surface area contributed by atoms with E-state index in [2.05, 4.69) is 10.1 Å². The summed E-state index contributed by atoms with van der Waals surface area (Å²) in [5, 5.41) is 4.71. The van der Waals surface area contributed by atoms with Gasteiger partial charge < -0.3 is 9.47 Å². The molecule has 0 spiro atoms. The summed E-state index contributed by atoms with van der Waals surface area (Å²) < 4.78 is 38.0. The Hall–Kier alpha value is -1.14. The van der Waals surface area contributed by atoms with E-state index in [0.717, 1.165) is 0 Å². The highest BCUT2D eigenvalue weighted by molar-refractivity contribution is 6.35. The molecule has 7 heteroatoms. The molecule has 118 valence electrons. The van der Waals surface area contributed by atoms with Crippen LogP contribution in [-0.2, 0) is 21.8 Å². The van der Waals surface area contributed by atoms with Gasteiger partial charge >= 0.3 is 0 Å². The summed E-state index contributed by atoms with van der Waals surface area (Å²) in [5.74, 6) is -1.63. The van der Waals surface area contributed by atoms with E-state index in [9.17, 15) is 0 Å². The van der Waals surface area contributed by atoms with E-state index in [4.69, 9.17) is 36.8 Å². The monoisotopic (exact) mass is 344 g/mol. The third-order valence-corrected chi connectivity index (χ3v) is 3.82. The zero-order valence-corrected chi connectivity index (χ0v) is 13.4. The number of hydrogen-bond acceptors (Lipinski definition) is 4. The van der Waals surface area contributed by atoms with E-state index in [1.165, 1.54) is 23.4 Å². The number of rotatable bonds is 5. The Bertz CT molecular complexity index is 762. The minimum atomic E-state index is -2.34. The predicted octanol–water partition coefficient (Wildman–Crippen LogP) is 3.65. The van der Waals surface area contributed by atoms with E-state index < -0.39 is 18.4 Å². The van der Waals surface area contributed by atoms with Gasteiger partial charge in [0, 0.05) is 10.6 Å². The van der Waals surface area contributed by atoms with Crippen LogP contribution in [0, 0.1) is 0 Å². The zero-order chi connectivity index (χ0) is 18.3. The molecule has 2 unspecified atom stereocenters. The number of aromatic nitrogens is 3. The first-order valence-corrected chi connectivity index (χ1v) is 7.65. The average molecular weight is 345 g/mol. The average Bonchev–Trinajstić information content (AvgIpc) is 3.05. The molecule has 1 fully saturated rings. The van der Waals surface area contributed by atoms with Gasteiger partial charge in [0.05, 0.1) is 21.8 Å². The van der Waals surface area contributed by atoms with Crippen molar-refractivity contribution < 1.29 is 13.6 Å². The summed E-state index contributed by atoms with van der Waals surface area (Å²) in [7, 11) is 0. The topological polar surface area (TPSA) is 49.2 Å².